The lowest BCUT2D eigenvalue weighted by Crippen LogP contribution is -2.04. The zero-order valence-electron chi connectivity index (χ0n) is 13.3. The number of thiol groups is 1. The van der Waals surface area contributed by atoms with Crippen LogP contribution in [0.5, 0.6) is 0 Å². The van der Waals surface area contributed by atoms with E-state index in [4.69, 9.17) is 0 Å². The van der Waals surface area contributed by atoms with Crippen molar-refractivity contribution in [3.63, 3.8) is 0 Å². The van der Waals surface area contributed by atoms with Crippen LogP contribution in [0, 0.1) is 0 Å². The van der Waals surface area contributed by atoms with Crippen LogP contribution in [-0.4, -0.2) is 18.4 Å². The van der Waals surface area contributed by atoms with Gasteiger partial charge in [-0.3, -0.25) is 4.98 Å². The maximum Gasteiger partial charge on any atom is 0.416 e. The van der Waals surface area contributed by atoms with Gasteiger partial charge in [0.2, 0.25) is 0 Å². The standard InChI is InChI=1S/C18H13F3N2O2S/c19-18(20,21)15-7-5-14(6-8-15)17-10-22-9-16(23-17)13-3-1-12(2-4-13)11-26(24)25/h1-10,26H,11H2. The number of rotatable bonds is 4. The fourth-order valence-electron chi connectivity index (χ4n) is 2.40. The second kappa shape index (κ2) is 7.25. The average molecular weight is 378 g/mol. The monoisotopic (exact) mass is 378 g/mol. The van der Waals surface area contributed by atoms with E-state index in [0.29, 0.717) is 22.5 Å². The summed E-state index contributed by atoms with van der Waals surface area (Å²) < 4.78 is 59.5. The molecule has 0 saturated heterocycles. The molecule has 0 radical (unpaired) electrons. The summed E-state index contributed by atoms with van der Waals surface area (Å²) >= 11 is 0. The molecule has 0 amide bonds. The SMILES string of the molecule is O=[SH](=O)Cc1ccc(-c2cncc(-c3ccc(C(F)(F)F)cc3)n2)cc1. The van der Waals surface area contributed by atoms with E-state index in [0.717, 1.165) is 17.7 Å². The lowest BCUT2D eigenvalue weighted by Gasteiger charge is -2.08. The van der Waals surface area contributed by atoms with Crippen molar-refractivity contribution in [1.29, 1.82) is 0 Å². The number of aromatic nitrogens is 2. The minimum Gasteiger partial charge on any atom is -0.260 e. The molecule has 0 bridgehead atoms. The molecule has 1 aromatic heterocycles. The van der Waals surface area contributed by atoms with Crippen LogP contribution in [0.2, 0.25) is 0 Å². The van der Waals surface area contributed by atoms with Gasteiger partial charge < -0.3 is 0 Å². The molecule has 0 unspecified atom stereocenters. The van der Waals surface area contributed by atoms with Gasteiger partial charge in [-0.1, -0.05) is 36.4 Å². The third kappa shape index (κ3) is 4.26. The number of halogens is 3. The fraction of sp³-hybridized carbons (Fsp3) is 0.111. The molecule has 3 aromatic rings. The Kier molecular flexibility index (Phi) is 5.03. The summed E-state index contributed by atoms with van der Waals surface area (Å²) in [5, 5.41) is 0. The quantitative estimate of drug-likeness (QED) is 0.699. The van der Waals surface area contributed by atoms with E-state index < -0.39 is 22.4 Å². The van der Waals surface area contributed by atoms with E-state index in [1.165, 1.54) is 24.5 Å². The van der Waals surface area contributed by atoms with Crippen molar-refractivity contribution >= 4 is 10.7 Å². The molecule has 2 aromatic carbocycles. The summed E-state index contributed by atoms with van der Waals surface area (Å²) in [6.07, 6.45) is -1.37. The van der Waals surface area contributed by atoms with Crippen molar-refractivity contribution in [3.05, 3.63) is 72.1 Å². The fourth-order valence-corrected chi connectivity index (χ4v) is 2.91. The van der Waals surface area contributed by atoms with Crippen LogP contribution in [0.15, 0.2) is 60.9 Å². The Morgan fingerprint density at radius 1 is 0.808 bits per heavy atom. The van der Waals surface area contributed by atoms with Crippen molar-refractivity contribution in [1.82, 2.24) is 9.97 Å². The van der Waals surface area contributed by atoms with Gasteiger partial charge in [0.1, 0.15) is 10.7 Å². The van der Waals surface area contributed by atoms with E-state index in [1.54, 1.807) is 24.3 Å². The molecule has 134 valence electrons. The van der Waals surface area contributed by atoms with Gasteiger partial charge in [-0.25, -0.2) is 13.4 Å². The van der Waals surface area contributed by atoms with Crippen molar-refractivity contribution in [2.24, 2.45) is 0 Å². The molecule has 0 aliphatic heterocycles. The van der Waals surface area contributed by atoms with Gasteiger partial charge in [-0.2, -0.15) is 13.2 Å². The molecule has 0 spiro atoms. The van der Waals surface area contributed by atoms with Crippen LogP contribution in [0.4, 0.5) is 13.2 Å². The highest BCUT2D eigenvalue weighted by molar-refractivity contribution is 7.71. The molecule has 26 heavy (non-hydrogen) atoms. The van der Waals surface area contributed by atoms with Gasteiger partial charge in [0.05, 0.1) is 35.1 Å². The smallest absolute Gasteiger partial charge is 0.260 e. The van der Waals surface area contributed by atoms with Crippen LogP contribution < -0.4 is 0 Å². The molecule has 0 fully saturated rings. The zero-order chi connectivity index (χ0) is 18.7. The van der Waals surface area contributed by atoms with Crippen LogP contribution in [0.25, 0.3) is 22.5 Å². The molecular formula is C18H13F3N2O2S. The normalized spacial score (nSPS) is 11.7. The first kappa shape index (κ1) is 18.1. The molecule has 0 aliphatic carbocycles. The van der Waals surface area contributed by atoms with Crippen LogP contribution in [-0.2, 0) is 22.6 Å². The Bertz CT molecular complexity index is 975. The first-order valence-corrected chi connectivity index (χ1v) is 8.90. The molecule has 0 saturated carbocycles. The molecule has 0 N–H and O–H groups in total. The highest BCUT2D eigenvalue weighted by Crippen LogP contribution is 2.31. The van der Waals surface area contributed by atoms with Crippen molar-refractivity contribution in [3.8, 4) is 22.5 Å². The summed E-state index contributed by atoms with van der Waals surface area (Å²) in [4.78, 5) is 8.53. The third-order valence-electron chi connectivity index (χ3n) is 3.70. The molecule has 1 heterocycles. The van der Waals surface area contributed by atoms with E-state index in [2.05, 4.69) is 9.97 Å². The van der Waals surface area contributed by atoms with Crippen molar-refractivity contribution in [2.45, 2.75) is 11.9 Å². The van der Waals surface area contributed by atoms with Gasteiger partial charge in [0.15, 0.2) is 0 Å². The Hall–Kier alpha value is -2.74. The maximum atomic E-state index is 12.7. The first-order valence-electron chi connectivity index (χ1n) is 7.54. The number of benzene rings is 2. The van der Waals surface area contributed by atoms with Crippen LogP contribution in [0.3, 0.4) is 0 Å². The molecule has 3 rings (SSSR count). The van der Waals surface area contributed by atoms with Gasteiger partial charge in [-0.15, -0.1) is 0 Å². The number of hydrogen-bond donors (Lipinski definition) is 1. The topological polar surface area (TPSA) is 59.9 Å². The molecule has 0 atom stereocenters. The predicted molar refractivity (Wildman–Crippen MR) is 91.9 cm³/mol. The zero-order valence-corrected chi connectivity index (χ0v) is 14.2. The Balaban J connectivity index is 1.88. The first-order chi connectivity index (χ1) is 12.3. The molecule has 0 aliphatic rings. The van der Waals surface area contributed by atoms with Gasteiger partial charge in [0.25, 0.3) is 0 Å². The average Bonchev–Trinajstić information content (AvgIpc) is 2.61. The minimum absolute atomic E-state index is 0.0348. The highest BCUT2D eigenvalue weighted by Gasteiger charge is 2.30. The molecule has 8 heteroatoms. The summed E-state index contributed by atoms with van der Waals surface area (Å²) in [7, 11) is -2.50. The van der Waals surface area contributed by atoms with E-state index >= 15 is 0 Å². The van der Waals surface area contributed by atoms with Crippen molar-refractivity contribution < 1.29 is 21.6 Å². The Labute approximate surface area is 149 Å². The maximum absolute atomic E-state index is 12.7. The summed E-state index contributed by atoms with van der Waals surface area (Å²) in [5.74, 6) is -0.0348. The van der Waals surface area contributed by atoms with Crippen LogP contribution in [0.1, 0.15) is 11.1 Å². The van der Waals surface area contributed by atoms with Gasteiger partial charge in [0, 0.05) is 11.1 Å². The van der Waals surface area contributed by atoms with E-state index in [1.807, 2.05) is 0 Å². The summed E-state index contributed by atoms with van der Waals surface area (Å²) in [5.41, 5.74) is 2.18. The van der Waals surface area contributed by atoms with Crippen molar-refractivity contribution in [2.75, 3.05) is 0 Å². The largest absolute Gasteiger partial charge is 0.416 e. The number of hydrogen-bond acceptors (Lipinski definition) is 4. The van der Waals surface area contributed by atoms with E-state index in [9.17, 15) is 21.6 Å². The predicted octanol–water partition coefficient (Wildman–Crippen LogP) is 3.94. The number of alkyl halides is 3. The second-order valence-electron chi connectivity index (χ2n) is 5.55. The molecule has 4 nitrogen and oxygen atoms in total. The lowest BCUT2D eigenvalue weighted by atomic mass is 10.1. The number of nitrogens with zero attached hydrogens (tertiary/aromatic N) is 2. The Morgan fingerprint density at radius 3 is 1.77 bits per heavy atom. The third-order valence-corrected chi connectivity index (χ3v) is 4.33. The van der Waals surface area contributed by atoms with E-state index in [-0.39, 0.29) is 5.75 Å². The van der Waals surface area contributed by atoms with Gasteiger partial charge >= 0.3 is 6.18 Å². The van der Waals surface area contributed by atoms with Crippen LogP contribution >= 0.6 is 0 Å². The molecular weight excluding hydrogens is 365 g/mol. The lowest BCUT2D eigenvalue weighted by molar-refractivity contribution is -0.137. The highest BCUT2D eigenvalue weighted by atomic mass is 32.2. The minimum atomic E-state index is -4.39. The second-order valence-corrected chi connectivity index (χ2v) is 6.53. The Morgan fingerprint density at radius 2 is 1.31 bits per heavy atom. The summed E-state index contributed by atoms with van der Waals surface area (Å²) in [6, 6.07) is 11.5. The summed E-state index contributed by atoms with van der Waals surface area (Å²) in [6.45, 7) is 0. The van der Waals surface area contributed by atoms with Gasteiger partial charge in [-0.05, 0) is 17.7 Å².